The van der Waals surface area contributed by atoms with E-state index in [1.54, 1.807) is 0 Å². The highest BCUT2D eigenvalue weighted by molar-refractivity contribution is 4.87. The molecule has 0 radical (unpaired) electrons. The zero-order valence-corrected chi connectivity index (χ0v) is 7.33. The molecule has 1 unspecified atom stereocenters. The fourth-order valence-electron chi connectivity index (χ4n) is 1.93. The molecule has 12 heavy (non-hydrogen) atoms. The molecule has 0 spiro atoms. The molecule has 1 heterocycles. The number of hydrogen-bond acceptors (Lipinski definition) is 3. The summed E-state index contributed by atoms with van der Waals surface area (Å²) < 4.78 is 5.35. The Morgan fingerprint density at radius 3 is 2.67 bits per heavy atom. The Labute approximate surface area is 73.1 Å². The molecule has 2 rings (SSSR count). The normalized spacial score (nSPS) is 42.2. The summed E-state index contributed by atoms with van der Waals surface area (Å²) in [5.41, 5.74) is 0. The Morgan fingerprint density at radius 2 is 2.08 bits per heavy atom. The van der Waals surface area contributed by atoms with E-state index >= 15 is 0 Å². The second-order valence-corrected chi connectivity index (χ2v) is 3.90. The van der Waals surface area contributed by atoms with Gasteiger partial charge in [-0.1, -0.05) is 0 Å². The second-order valence-electron chi connectivity index (χ2n) is 3.90. The van der Waals surface area contributed by atoms with Crippen molar-refractivity contribution in [2.45, 2.75) is 43.9 Å². The monoisotopic (exact) mass is 171 g/mol. The van der Waals surface area contributed by atoms with Crippen LogP contribution in [0.2, 0.25) is 0 Å². The molecule has 1 saturated heterocycles. The lowest BCUT2D eigenvalue weighted by Gasteiger charge is -2.36. The molecular weight excluding hydrogens is 154 g/mol. The third-order valence-corrected chi connectivity index (χ3v) is 2.74. The van der Waals surface area contributed by atoms with Crippen molar-refractivity contribution in [3.8, 4) is 0 Å². The van der Waals surface area contributed by atoms with Gasteiger partial charge in [-0.15, -0.1) is 0 Å². The van der Waals surface area contributed by atoms with E-state index < -0.39 is 0 Å². The van der Waals surface area contributed by atoms with Gasteiger partial charge in [0.15, 0.2) is 0 Å². The Balaban J connectivity index is 1.65. The molecule has 2 fully saturated rings. The van der Waals surface area contributed by atoms with E-state index in [4.69, 9.17) is 9.84 Å². The first-order valence-corrected chi connectivity index (χ1v) is 4.86. The highest BCUT2D eigenvalue weighted by Crippen LogP contribution is 2.21. The van der Waals surface area contributed by atoms with Crippen LogP contribution in [0.5, 0.6) is 0 Å². The van der Waals surface area contributed by atoms with Crippen LogP contribution in [0.4, 0.5) is 0 Å². The summed E-state index contributed by atoms with van der Waals surface area (Å²) in [4.78, 5) is 0. The average molecular weight is 171 g/mol. The van der Waals surface area contributed by atoms with Gasteiger partial charge in [0.05, 0.1) is 12.7 Å². The van der Waals surface area contributed by atoms with E-state index in [9.17, 15) is 0 Å². The Bertz CT molecular complexity index is 139. The Morgan fingerprint density at radius 1 is 1.25 bits per heavy atom. The zero-order chi connectivity index (χ0) is 8.39. The minimum atomic E-state index is -0.0491. The van der Waals surface area contributed by atoms with Gasteiger partial charge in [0, 0.05) is 18.7 Å². The molecule has 3 nitrogen and oxygen atoms in total. The minimum absolute atomic E-state index is 0.0491. The van der Waals surface area contributed by atoms with Gasteiger partial charge >= 0.3 is 0 Å². The van der Waals surface area contributed by atoms with Crippen LogP contribution in [0.15, 0.2) is 0 Å². The molecule has 1 aliphatic carbocycles. The van der Waals surface area contributed by atoms with Crippen LogP contribution >= 0.6 is 0 Å². The molecule has 0 bridgehead atoms. The van der Waals surface area contributed by atoms with E-state index in [1.165, 1.54) is 12.8 Å². The average Bonchev–Trinajstić information content (AvgIpc) is 2.04. The van der Waals surface area contributed by atoms with Crippen LogP contribution in [-0.4, -0.2) is 36.5 Å². The van der Waals surface area contributed by atoms with Gasteiger partial charge in [-0.25, -0.2) is 0 Å². The van der Waals surface area contributed by atoms with Crippen molar-refractivity contribution in [3.63, 3.8) is 0 Å². The van der Waals surface area contributed by atoms with E-state index in [0.29, 0.717) is 12.1 Å². The van der Waals surface area contributed by atoms with Crippen molar-refractivity contribution in [3.05, 3.63) is 0 Å². The number of nitrogens with one attached hydrogen (secondary N) is 1. The maximum absolute atomic E-state index is 9.08. The molecule has 3 heteroatoms. The first-order chi connectivity index (χ1) is 5.84. The zero-order valence-electron chi connectivity index (χ0n) is 7.33. The first kappa shape index (κ1) is 8.48. The summed E-state index contributed by atoms with van der Waals surface area (Å²) in [6.45, 7) is 1.78. The topological polar surface area (TPSA) is 41.5 Å². The van der Waals surface area contributed by atoms with Crippen LogP contribution in [-0.2, 0) is 4.74 Å². The van der Waals surface area contributed by atoms with Crippen LogP contribution in [0.1, 0.15) is 25.7 Å². The van der Waals surface area contributed by atoms with Crippen molar-refractivity contribution in [1.29, 1.82) is 0 Å². The fraction of sp³-hybridized carbons (Fsp3) is 1.00. The van der Waals surface area contributed by atoms with Crippen LogP contribution in [0, 0.1) is 0 Å². The van der Waals surface area contributed by atoms with E-state index in [0.717, 1.165) is 26.1 Å². The highest BCUT2D eigenvalue weighted by atomic mass is 16.5. The summed E-state index contributed by atoms with van der Waals surface area (Å²) in [5, 5.41) is 12.6. The molecular formula is C9H17NO2. The number of hydrogen-bond donors (Lipinski definition) is 2. The Hall–Kier alpha value is -0.120. The maximum Gasteiger partial charge on any atom is 0.0619 e. The van der Waals surface area contributed by atoms with E-state index in [2.05, 4.69) is 5.32 Å². The second kappa shape index (κ2) is 3.73. The highest BCUT2D eigenvalue weighted by Gasteiger charge is 2.29. The lowest BCUT2D eigenvalue weighted by molar-refractivity contribution is 0.0285. The molecule has 0 aromatic heterocycles. The summed E-state index contributed by atoms with van der Waals surface area (Å²) in [5.74, 6) is 0. The SMILES string of the molecule is OC1CC(NC2CCCOC2)C1. The third kappa shape index (κ3) is 1.97. The molecule has 2 aliphatic rings. The third-order valence-electron chi connectivity index (χ3n) is 2.74. The van der Waals surface area contributed by atoms with Gasteiger partial charge in [-0.3, -0.25) is 0 Å². The quantitative estimate of drug-likeness (QED) is 0.627. The fourth-order valence-corrected chi connectivity index (χ4v) is 1.93. The number of rotatable bonds is 2. The van der Waals surface area contributed by atoms with E-state index in [1.807, 2.05) is 0 Å². The predicted octanol–water partition coefficient (Wildman–Crippen LogP) is 0.278. The van der Waals surface area contributed by atoms with Crippen LogP contribution in [0.25, 0.3) is 0 Å². The maximum atomic E-state index is 9.08. The summed E-state index contributed by atoms with van der Waals surface area (Å²) in [6, 6.07) is 1.09. The van der Waals surface area contributed by atoms with Crippen molar-refractivity contribution < 1.29 is 9.84 Å². The van der Waals surface area contributed by atoms with Crippen LogP contribution in [0.3, 0.4) is 0 Å². The molecule has 70 valence electrons. The van der Waals surface area contributed by atoms with Crippen LogP contribution < -0.4 is 5.32 Å². The molecule has 0 aromatic rings. The summed E-state index contributed by atoms with van der Waals surface area (Å²) in [6.07, 6.45) is 4.21. The molecule has 1 saturated carbocycles. The largest absolute Gasteiger partial charge is 0.393 e. The molecule has 2 N–H and O–H groups in total. The van der Waals surface area contributed by atoms with E-state index in [-0.39, 0.29) is 6.10 Å². The van der Waals surface area contributed by atoms with Gasteiger partial charge in [0.1, 0.15) is 0 Å². The lowest BCUT2D eigenvalue weighted by Crippen LogP contribution is -2.50. The number of ether oxygens (including phenoxy) is 1. The van der Waals surface area contributed by atoms with Gasteiger partial charge in [0.25, 0.3) is 0 Å². The number of aliphatic hydroxyl groups excluding tert-OH is 1. The van der Waals surface area contributed by atoms with Gasteiger partial charge in [-0.2, -0.15) is 0 Å². The summed E-state index contributed by atoms with van der Waals surface area (Å²) in [7, 11) is 0. The van der Waals surface area contributed by atoms with Gasteiger partial charge < -0.3 is 15.2 Å². The van der Waals surface area contributed by atoms with Gasteiger partial charge in [-0.05, 0) is 25.7 Å². The number of aliphatic hydroxyl groups is 1. The molecule has 1 aliphatic heterocycles. The standard InChI is InChI=1S/C9H17NO2/c11-9-4-8(5-9)10-7-2-1-3-12-6-7/h7-11H,1-6H2. The van der Waals surface area contributed by atoms with Crippen molar-refractivity contribution in [2.24, 2.45) is 0 Å². The van der Waals surface area contributed by atoms with Gasteiger partial charge in [0.2, 0.25) is 0 Å². The predicted molar refractivity (Wildman–Crippen MR) is 46.0 cm³/mol. The first-order valence-electron chi connectivity index (χ1n) is 4.86. The molecule has 1 atom stereocenters. The smallest absolute Gasteiger partial charge is 0.0619 e. The Kier molecular flexibility index (Phi) is 2.63. The molecule has 0 amide bonds. The van der Waals surface area contributed by atoms with Crippen molar-refractivity contribution in [2.75, 3.05) is 13.2 Å². The summed E-state index contributed by atoms with van der Waals surface area (Å²) >= 11 is 0. The van der Waals surface area contributed by atoms with Crippen molar-refractivity contribution >= 4 is 0 Å². The van der Waals surface area contributed by atoms with Crippen molar-refractivity contribution in [1.82, 2.24) is 5.32 Å². The lowest BCUT2D eigenvalue weighted by atomic mass is 9.88. The minimum Gasteiger partial charge on any atom is -0.393 e. The molecule has 0 aromatic carbocycles.